The van der Waals surface area contributed by atoms with Gasteiger partial charge < -0.3 is 5.73 Å². The maximum absolute atomic E-state index is 13.6. The molecule has 1 aromatic rings. The highest BCUT2D eigenvalue weighted by molar-refractivity contribution is 9.10. The minimum Gasteiger partial charge on any atom is -0.370 e. The summed E-state index contributed by atoms with van der Waals surface area (Å²) in [5.41, 5.74) is 4.91. The van der Waals surface area contributed by atoms with E-state index in [1.54, 1.807) is 0 Å². The Morgan fingerprint density at radius 2 is 2.24 bits per heavy atom. The van der Waals surface area contributed by atoms with Gasteiger partial charge in [0.25, 0.3) is 0 Å². The summed E-state index contributed by atoms with van der Waals surface area (Å²) in [6, 6.07) is 1.89. The molecule has 0 radical (unpaired) electrons. The van der Waals surface area contributed by atoms with Crippen molar-refractivity contribution >= 4 is 45.2 Å². The zero-order chi connectivity index (χ0) is 13.2. The van der Waals surface area contributed by atoms with E-state index in [4.69, 9.17) is 22.7 Å². The van der Waals surface area contributed by atoms with Crippen molar-refractivity contribution in [1.82, 2.24) is 5.32 Å². The first kappa shape index (κ1) is 13.7. The molecule has 0 saturated heterocycles. The number of urea groups is 1. The Hall–Kier alpha value is -1.34. The van der Waals surface area contributed by atoms with Crippen molar-refractivity contribution in [2.75, 3.05) is 11.9 Å². The molecule has 92 valence electrons. The second-order valence-electron chi connectivity index (χ2n) is 3.12. The zero-order valence-electron chi connectivity index (χ0n) is 8.72. The molecular formula is C9H9BrClFN4O. The molecule has 0 spiro atoms. The van der Waals surface area contributed by atoms with Gasteiger partial charge in [-0.3, -0.25) is 15.6 Å². The van der Waals surface area contributed by atoms with Crippen LogP contribution in [0.5, 0.6) is 0 Å². The summed E-state index contributed by atoms with van der Waals surface area (Å²) in [6.45, 7) is 0. The number of carbonyl (C=O) groups excluding carboxylic acids is 1. The van der Waals surface area contributed by atoms with Gasteiger partial charge in [-0.05, 0) is 12.1 Å². The summed E-state index contributed by atoms with van der Waals surface area (Å²) >= 11 is 8.91. The van der Waals surface area contributed by atoms with Gasteiger partial charge in [-0.25, -0.2) is 9.18 Å². The molecule has 0 atom stereocenters. The van der Waals surface area contributed by atoms with Gasteiger partial charge >= 0.3 is 6.03 Å². The second kappa shape index (κ2) is 5.33. The van der Waals surface area contributed by atoms with E-state index in [-0.39, 0.29) is 10.7 Å². The molecule has 0 heterocycles. The smallest absolute Gasteiger partial charge is 0.328 e. The van der Waals surface area contributed by atoms with Gasteiger partial charge in [0.15, 0.2) is 5.96 Å². The number of halogens is 3. The predicted molar refractivity (Wildman–Crippen MR) is 68.0 cm³/mol. The fraction of sp³-hybridized carbons (Fsp3) is 0.111. The molecule has 5 nitrogen and oxygen atoms in total. The van der Waals surface area contributed by atoms with Gasteiger partial charge in [0, 0.05) is 11.5 Å². The van der Waals surface area contributed by atoms with Crippen LogP contribution in [0, 0.1) is 11.2 Å². The van der Waals surface area contributed by atoms with Crippen LogP contribution >= 0.6 is 27.5 Å². The van der Waals surface area contributed by atoms with Gasteiger partial charge in [0.1, 0.15) is 5.82 Å². The maximum Gasteiger partial charge on any atom is 0.328 e. The van der Waals surface area contributed by atoms with Crippen LogP contribution in [0.15, 0.2) is 16.6 Å². The minimum absolute atomic E-state index is 0.0677. The lowest BCUT2D eigenvalue weighted by Gasteiger charge is -2.19. The molecular weight excluding hydrogens is 314 g/mol. The van der Waals surface area contributed by atoms with Crippen LogP contribution in [0.4, 0.5) is 14.9 Å². The number of carbonyl (C=O) groups is 1. The highest BCUT2D eigenvalue weighted by Gasteiger charge is 2.19. The van der Waals surface area contributed by atoms with E-state index in [2.05, 4.69) is 15.9 Å². The molecule has 0 aliphatic carbocycles. The Balaban J connectivity index is 3.08. The molecule has 0 aliphatic rings. The van der Waals surface area contributed by atoms with E-state index < -0.39 is 17.8 Å². The van der Waals surface area contributed by atoms with E-state index in [9.17, 15) is 9.18 Å². The van der Waals surface area contributed by atoms with Crippen LogP contribution in [0.2, 0.25) is 5.02 Å². The Labute approximate surface area is 110 Å². The van der Waals surface area contributed by atoms with E-state index >= 15 is 0 Å². The van der Waals surface area contributed by atoms with Gasteiger partial charge in [0.2, 0.25) is 0 Å². The number of hydrogen-bond acceptors (Lipinski definition) is 2. The molecule has 1 rings (SSSR count). The molecule has 0 unspecified atom stereocenters. The number of amides is 2. The normalized spacial score (nSPS) is 9.88. The molecule has 0 saturated carbocycles. The third kappa shape index (κ3) is 3.31. The number of nitrogens with two attached hydrogens (primary N) is 1. The highest BCUT2D eigenvalue weighted by Crippen LogP contribution is 2.31. The quantitative estimate of drug-likeness (QED) is 0.547. The Morgan fingerprint density at radius 1 is 1.65 bits per heavy atom. The average molecular weight is 324 g/mol. The zero-order valence-corrected chi connectivity index (χ0v) is 11.1. The van der Waals surface area contributed by atoms with Crippen molar-refractivity contribution in [3.8, 4) is 0 Å². The largest absolute Gasteiger partial charge is 0.370 e. The van der Waals surface area contributed by atoms with Crippen molar-refractivity contribution in [3.63, 3.8) is 0 Å². The summed E-state index contributed by atoms with van der Waals surface area (Å²) < 4.78 is 14.1. The first-order chi connectivity index (χ1) is 7.82. The fourth-order valence-electron chi connectivity index (χ4n) is 1.16. The molecule has 0 aromatic heterocycles. The Bertz CT molecular complexity index is 459. The molecule has 1 aromatic carbocycles. The van der Waals surface area contributed by atoms with Gasteiger partial charge in [-0.1, -0.05) is 27.5 Å². The van der Waals surface area contributed by atoms with Crippen molar-refractivity contribution in [2.24, 2.45) is 5.73 Å². The van der Waals surface area contributed by atoms with Gasteiger partial charge in [-0.15, -0.1) is 0 Å². The molecule has 0 aliphatic heterocycles. The summed E-state index contributed by atoms with van der Waals surface area (Å²) in [7, 11) is 1.32. The van der Waals surface area contributed by atoms with Crippen molar-refractivity contribution in [1.29, 1.82) is 5.41 Å². The summed E-state index contributed by atoms with van der Waals surface area (Å²) in [6.07, 6.45) is 0. The van der Waals surface area contributed by atoms with Crippen LogP contribution in [-0.2, 0) is 0 Å². The predicted octanol–water partition coefficient (Wildman–Crippen LogP) is 2.28. The lowest BCUT2D eigenvalue weighted by atomic mass is 10.3. The van der Waals surface area contributed by atoms with E-state index in [0.717, 1.165) is 4.90 Å². The van der Waals surface area contributed by atoms with Crippen LogP contribution in [-0.4, -0.2) is 19.0 Å². The number of nitrogens with zero attached hydrogens (tertiary/aromatic N) is 1. The first-order valence-corrected chi connectivity index (χ1v) is 5.53. The molecule has 2 amide bonds. The Morgan fingerprint density at radius 3 is 2.71 bits per heavy atom. The molecule has 17 heavy (non-hydrogen) atoms. The summed E-state index contributed by atoms with van der Waals surface area (Å²) in [5.74, 6) is -1.19. The molecule has 8 heteroatoms. The standard InChI is InChI=1S/C9H9BrClFN4O/c1-16(9(17)15-8(13)14)7-5(11)2-4(10)3-6(7)12/h2-3H,1H3,(H4,13,14,15,17). The number of anilines is 1. The number of rotatable bonds is 1. The summed E-state index contributed by atoms with van der Waals surface area (Å²) in [5, 5.41) is 9.00. The third-order valence-corrected chi connectivity index (χ3v) is 2.61. The van der Waals surface area contributed by atoms with Crippen molar-refractivity contribution in [2.45, 2.75) is 0 Å². The van der Waals surface area contributed by atoms with Crippen LogP contribution in [0.3, 0.4) is 0 Å². The van der Waals surface area contributed by atoms with Crippen LogP contribution in [0.25, 0.3) is 0 Å². The third-order valence-electron chi connectivity index (χ3n) is 1.86. The van der Waals surface area contributed by atoms with Crippen molar-refractivity contribution < 1.29 is 9.18 Å². The highest BCUT2D eigenvalue weighted by atomic mass is 79.9. The lowest BCUT2D eigenvalue weighted by molar-refractivity contribution is 0.251. The number of nitrogens with one attached hydrogen (secondary N) is 2. The van der Waals surface area contributed by atoms with Gasteiger partial charge in [0.05, 0.1) is 10.7 Å². The molecule has 0 fully saturated rings. The number of benzene rings is 1. The van der Waals surface area contributed by atoms with E-state index in [1.165, 1.54) is 19.2 Å². The SMILES string of the molecule is CN(C(=O)NC(=N)N)c1c(F)cc(Br)cc1Cl. The second-order valence-corrected chi connectivity index (χ2v) is 4.44. The summed E-state index contributed by atoms with van der Waals surface area (Å²) in [4.78, 5) is 12.4. The molecule has 0 bridgehead atoms. The fourth-order valence-corrected chi connectivity index (χ4v) is 2.05. The maximum atomic E-state index is 13.6. The number of hydrogen-bond donors (Lipinski definition) is 3. The van der Waals surface area contributed by atoms with Gasteiger partial charge in [-0.2, -0.15) is 0 Å². The average Bonchev–Trinajstić information content (AvgIpc) is 2.14. The lowest BCUT2D eigenvalue weighted by Crippen LogP contribution is -2.44. The topological polar surface area (TPSA) is 82.2 Å². The first-order valence-electron chi connectivity index (χ1n) is 4.36. The van der Waals surface area contributed by atoms with Crippen LogP contribution < -0.4 is 16.0 Å². The molecule has 4 N–H and O–H groups in total. The van der Waals surface area contributed by atoms with E-state index in [1.807, 2.05) is 5.32 Å². The monoisotopic (exact) mass is 322 g/mol. The van der Waals surface area contributed by atoms with Crippen molar-refractivity contribution in [3.05, 3.63) is 27.4 Å². The number of guanidine groups is 1. The van der Waals surface area contributed by atoms with E-state index in [0.29, 0.717) is 4.47 Å². The minimum atomic E-state index is -0.749. The Kier molecular flexibility index (Phi) is 4.30. The van der Waals surface area contributed by atoms with Crippen LogP contribution in [0.1, 0.15) is 0 Å².